The van der Waals surface area contributed by atoms with Gasteiger partial charge in [-0.1, -0.05) is 23.7 Å². The van der Waals surface area contributed by atoms with Crippen LogP contribution in [0.2, 0.25) is 5.02 Å². The SMILES string of the molecule is COCCn1ccc(NC(=O)C2CNNC2c2ccc(Cl)cc2)n1. The van der Waals surface area contributed by atoms with Crippen molar-refractivity contribution < 1.29 is 9.53 Å². The number of carbonyl (C=O) groups excluding carboxylic acids is 1. The lowest BCUT2D eigenvalue weighted by molar-refractivity contribution is -0.119. The fraction of sp³-hybridized carbons (Fsp3) is 0.375. The zero-order chi connectivity index (χ0) is 16.9. The van der Waals surface area contributed by atoms with Crippen LogP contribution >= 0.6 is 11.6 Å². The first-order valence-corrected chi connectivity index (χ1v) is 8.12. The van der Waals surface area contributed by atoms with Gasteiger partial charge in [0.05, 0.1) is 25.1 Å². The van der Waals surface area contributed by atoms with Gasteiger partial charge in [-0.05, 0) is 17.7 Å². The van der Waals surface area contributed by atoms with Crippen molar-refractivity contribution in [3.63, 3.8) is 0 Å². The maximum absolute atomic E-state index is 12.6. The number of rotatable bonds is 6. The minimum Gasteiger partial charge on any atom is -0.383 e. The number of nitrogens with zero attached hydrogens (tertiary/aromatic N) is 2. The summed E-state index contributed by atoms with van der Waals surface area (Å²) < 4.78 is 6.75. The second kappa shape index (κ2) is 7.76. The molecule has 1 aliphatic rings. The van der Waals surface area contributed by atoms with E-state index in [2.05, 4.69) is 21.3 Å². The van der Waals surface area contributed by atoms with Crippen molar-refractivity contribution >= 4 is 23.3 Å². The molecular weight excluding hydrogens is 330 g/mol. The Hall–Kier alpha value is -1.93. The Labute approximate surface area is 145 Å². The molecule has 0 bridgehead atoms. The Morgan fingerprint density at radius 2 is 2.21 bits per heavy atom. The third-order valence-corrected chi connectivity index (χ3v) is 4.22. The number of hydrogen-bond donors (Lipinski definition) is 3. The van der Waals surface area contributed by atoms with E-state index in [9.17, 15) is 4.79 Å². The summed E-state index contributed by atoms with van der Waals surface area (Å²) in [4.78, 5) is 12.6. The van der Waals surface area contributed by atoms with Crippen LogP contribution in [0.5, 0.6) is 0 Å². The Bertz CT molecular complexity index is 688. The summed E-state index contributed by atoms with van der Waals surface area (Å²) in [7, 11) is 1.64. The number of amides is 1. The average molecular weight is 350 g/mol. The van der Waals surface area contributed by atoms with Crippen molar-refractivity contribution in [2.24, 2.45) is 5.92 Å². The Morgan fingerprint density at radius 1 is 1.42 bits per heavy atom. The molecule has 2 atom stereocenters. The van der Waals surface area contributed by atoms with Gasteiger partial charge < -0.3 is 10.1 Å². The minimum absolute atomic E-state index is 0.0792. The summed E-state index contributed by atoms with van der Waals surface area (Å²) >= 11 is 5.93. The number of ether oxygens (including phenoxy) is 1. The molecule has 0 saturated carbocycles. The molecule has 0 radical (unpaired) electrons. The van der Waals surface area contributed by atoms with E-state index in [1.165, 1.54) is 0 Å². The average Bonchev–Trinajstić information content (AvgIpc) is 3.23. The van der Waals surface area contributed by atoms with Crippen LogP contribution in [-0.2, 0) is 16.1 Å². The van der Waals surface area contributed by atoms with Gasteiger partial charge in [-0.25, -0.2) is 5.43 Å². The van der Waals surface area contributed by atoms with Crippen molar-refractivity contribution in [1.29, 1.82) is 0 Å². The number of halogens is 1. The molecule has 3 N–H and O–H groups in total. The molecule has 1 aromatic carbocycles. The number of anilines is 1. The predicted octanol–water partition coefficient (Wildman–Crippen LogP) is 1.59. The van der Waals surface area contributed by atoms with E-state index in [0.717, 1.165) is 5.56 Å². The molecule has 1 aromatic heterocycles. The molecule has 2 aromatic rings. The quantitative estimate of drug-likeness (QED) is 0.738. The van der Waals surface area contributed by atoms with Crippen LogP contribution in [-0.4, -0.2) is 35.9 Å². The lowest BCUT2D eigenvalue weighted by Crippen LogP contribution is -2.29. The van der Waals surface area contributed by atoms with Crippen molar-refractivity contribution in [1.82, 2.24) is 20.6 Å². The van der Waals surface area contributed by atoms with Crippen LogP contribution < -0.4 is 16.2 Å². The Morgan fingerprint density at radius 3 is 2.96 bits per heavy atom. The molecule has 0 aliphatic carbocycles. The maximum Gasteiger partial charge on any atom is 0.232 e. The van der Waals surface area contributed by atoms with E-state index in [-0.39, 0.29) is 17.9 Å². The number of benzene rings is 1. The smallest absolute Gasteiger partial charge is 0.232 e. The number of hydrogen-bond acceptors (Lipinski definition) is 5. The van der Waals surface area contributed by atoms with Crippen molar-refractivity contribution in [2.45, 2.75) is 12.6 Å². The van der Waals surface area contributed by atoms with Crippen molar-refractivity contribution in [3.05, 3.63) is 47.1 Å². The maximum atomic E-state index is 12.6. The molecule has 128 valence electrons. The zero-order valence-electron chi connectivity index (χ0n) is 13.3. The normalized spacial score (nSPS) is 20.2. The van der Waals surface area contributed by atoms with Crippen LogP contribution in [0, 0.1) is 5.92 Å². The highest BCUT2D eigenvalue weighted by atomic mass is 35.5. The van der Waals surface area contributed by atoms with Gasteiger partial charge in [0.15, 0.2) is 5.82 Å². The minimum atomic E-state index is -0.240. The molecule has 1 fully saturated rings. The van der Waals surface area contributed by atoms with Gasteiger partial charge in [0.25, 0.3) is 0 Å². The number of carbonyl (C=O) groups is 1. The molecular formula is C16H20ClN5O2. The molecule has 3 rings (SSSR count). The van der Waals surface area contributed by atoms with Gasteiger partial charge in [-0.3, -0.25) is 14.9 Å². The van der Waals surface area contributed by atoms with Crippen LogP contribution in [0.25, 0.3) is 0 Å². The first kappa shape index (κ1) is 16.9. The predicted molar refractivity (Wildman–Crippen MR) is 91.6 cm³/mol. The molecule has 1 saturated heterocycles. The van der Waals surface area contributed by atoms with E-state index < -0.39 is 0 Å². The van der Waals surface area contributed by atoms with Crippen LogP contribution in [0.3, 0.4) is 0 Å². The Kier molecular flexibility index (Phi) is 5.47. The monoisotopic (exact) mass is 349 g/mol. The summed E-state index contributed by atoms with van der Waals surface area (Å²) in [6.45, 7) is 1.76. The van der Waals surface area contributed by atoms with E-state index >= 15 is 0 Å². The largest absolute Gasteiger partial charge is 0.383 e. The summed E-state index contributed by atoms with van der Waals surface area (Å²) in [5, 5.41) is 7.86. The van der Waals surface area contributed by atoms with Gasteiger partial charge >= 0.3 is 0 Å². The first-order chi connectivity index (χ1) is 11.7. The summed E-state index contributed by atoms with van der Waals surface area (Å²) in [5.74, 6) is 0.220. The van der Waals surface area contributed by atoms with Crippen LogP contribution in [0.15, 0.2) is 36.5 Å². The third kappa shape index (κ3) is 3.93. The first-order valence-electron chi connectivity index (χ1n) is 7.74. The van der Waals surface area contributed by atoms with Gasteiger partial charge in [-0.2, -0.15) is 5.10 Å². The molecule has 2 heterocycles. The fourth-order valence-electron chi connectivity index (χ4n) is 2.68. The van der Waals surface area contributed by atoms with E-state index in [1.807, 2.05) is 30.5 Å². The number of hydrazine groups is 1. The summed E-state index contributed by atoms with van der Waals surface area (Å²) in [6.07, 6.45) is 1.82. The van der Waals surface area contributed by atoms with Crippen LogP contribution in [0.1, 0.15) is 11.6 Å². The van der Waals surface area contributed by atoms with Gasteiger partial charge in [0.1, 0.15) is 0 Å². The lowest BCUT2D eigenvalue weighted by atomic mass is 9.94. The number of nitrogens with one attached hydrogen (secondary N) is 3. The van der Waals surface area contributed by atoms with Gasteiger partial charge in [0.2, 0.25) is 5.91 Å². The van der Waals surface area contributed by atoms with E-state index in [4.69, 9.17) is 16.3 Å². The third-order valence-electron chi connectivity index (χ3n) is 3.96. The highest BCUT2D eigenvalue weighted by Gasteiger charge is 2.34. The number of methoxy groups -OCH3 is 1. The van der Waals surface area contributed by atoms with Crippen LogP contribution in [0.4, 0.5) is 5.82 Å². The topological polar surface area (TPSA) is 80.2 Å². The summed E-state index contributed by atoms with van der Waals surface area (Å²) in [6, 6.07) is 9.16. The van der Waals surface area contributed by atoms with Gasteiger partial charge in [0, 0.05) is 30.9 Å². The molecule has 24 heavy (non-hydrogen) atoms. The van der Waals surface area contributed by atoms with Crippen molar-refractivity contribution in [2.75, 3.05) is 25.6 Å². The van der Waals surface area contributed by atoms with Gasteiger partial charge in [-0.15, -0.1) is 0 Å². The molecule has 0 spiro atoms. The molecule has 2 unspecified atom stereocenters. The molecule has 8 heteroatoms. The zero-order valence-corrected chi connectivity index (χ0v) is 14.1. The lowest BCUT2D eigenvalue weighted by Gasteiger charge is -2.18. The Balaban J connectivity index is 1.65. The fourth-order valence-corrected chi connectivity index (χ4v) is 2.81. The number of aromatic nitrogens is 2. The standard InChI is InChI=1S/C16H20ClN5O2/c1-24-9-8-22-7-6-14(21-22)19-16(23)13-10-18-20-15(13)11-2-4-12(17)5-3-11/h2-7,13,15,18,20H,8-10H2,1H3,(H,19,21,23). The van der Waals surface area contributed by atoms with E-state index in [1.54, 1.807) is 17.9 Å². The molecule has 7 nitrogen and oxygen atoms in total. The molecule has 1 amide bonds. The molecule has 1 aliphatic heterocycles. The van der Waals surface area contributed by atoms with E-state index in [0.29, 0.717) is 30.5 Å². The highest BCUT2D eigenvalue weighted by molar-refractivity contribution is 6.30. The van der Waals surface area contributed by atoms with Crippen molar-refractivity contribution in [3.8, 4) is 0 Å². The second-order valence-electron chi connectivity index (χ2n) is 5.61. The highest BCUT2D eigenvalue weighted by Crippen LogP contribution is 2.27. The second-order valence-corrected chi connectivity index (χ2v) is 6.04. The summed E-state index contributed by atoms with van der Waals surface area (Å²) in [5.41, 5.74) is 7.20.